The van der Waals surface area contributed by atoms with Gasteiger partial charge in [0, 0.05) is 45.6 Å². The number of nitrogens with zero attached hydrogens (tertiary/aromatic N) is 4. The average molecular weight is 276 g/mol. The lowest BCUT2D eigenvalue weighted by molar-refractivity contribution is -0.134. The average Bonchev–Trinajstić information content (AvgIpc) is 2.73. The van der Waals surface area contributed by atoms with Gasteiger partial charge in [0.1, 0.15) is 0 Å². The molecule has 2 aliphatic heterocycles. The molecule has 2 aliphatic rings. The first-order valence-electron chi connectivity index (χ1n) is 7.11. The maximum Gasteiger partial charge on any atom is 0.289 e. The Bertz CT molecular complexity index is 539. The summed E-state index contributed by atoms with van der Waals surface area (Å²) in [5, 5.41) is 0. The maximum absolute atomic E-state index is 12.6. The molecule has 0 spiro atoms. The van der Waals surface area contributed by atoms with Gasteiger partial charge in [0.15, 0.2) is 5.82 Å². The number of hydrogen-bond acceptors (Lipinski definition) is 3. The molecule has 0 aliphatic carbocycles. The SMILES string of the molecule is CN1C(=O)[C@@H]2CCC[C@H]1CN(C(=O)c1nccn1C)C2. The summed E-state index contributed by atoms with van der Waals surface area (Å²) in [5.41, 5.74) is 0. The Labute approximate surface area is 118 Å². The molecule has 1 aromatic heterocycles. The Morgan fingerprint density at radius 1 is 1.30 bits per heavy atom. The van der Waals surface area contributed by atoms with Crippen LogP contribution in [-0.2, 0) is 11.8 Å². The van der Waals surface area contributed by atoms with Crippen LogP contribution in [0.2, 0.25) is 0 Å². The molecule has 0 aromatic carbocycles. The van der Waals surface area contributed by atoms with E-state index in [1.54, 1.807) is 21.9 Å². The van der Waals surface area contributed by atoms with Crippen LogP contribution in [0, 0.1) is 5.92 Å². The van der Waals surface area contributed by atoms with Crippen LogP contribution in [-0.4, -0.2) is 57.3 Å². The molecule has 1 aromatic rings. The second-order valence-electron chi connectivity index (χ2n) is 5.80. The molecule has 0 unspecified atom stereocenters. The molecule has 6 heteroatoms. The molecule has 20 heavy (non-hydrogen) atoms. The van der Waals surface area contributed by atoms with E-state index in [9.17, 15) is 9.59 Å². The lowest BCUT2D eigenvalue weighted by Crippen LogP contribution is -2.43. The van der Waals surface area contributed by atoms with Gasteiger partial charge in [-0.2, -0.15) is 0 Å². The fourth-order valence-corrected chi connectivity index (χ4v) is 3.24. The number of carbonyl (C=O) groups excluding carboxylic acids is 2. The third-order valence-corrected chi connectivity index (χ3v) is 4.51. The van der Waals surface area contributed by atoms with E-state index in [-0.39, 0.29) is 23.8 Å². The first kappa shape index (κ1) is 13.1. The van der Waals surface area contributed by atoms with Gasteiger partial charge < -0.3 is 14.4 Å². The molecular weight excluding hydrogens is 256 g/mol. The van der Waals surface area contributed by atoms with Crippen LogP contribution in [0.1, 0.15) is 29.9 Å². The molecule has 2 saturated heterocycles. The van der Waals surface area contributed by atoms with E-state index in [1.807, 2.05) is 19.0 Å². The molecule has 2 fully saturated rings. The van der Waals surface area contributed by atoms with Crippen molar-refractivity contribution in [3.8, 4) is 0 Å². The van der Waals surface area contributed by atoms with Crippen molar-refractivity contribution in [3.05, 3.63) is 18.2 Å². The monoisotopic (exact) mass is 276 g/mol. The van der Waals surface area contributed by atoms with Gasteiger partial charge >= 0.3 is 0 Å². The molecule has 0 N–H and O–H groups in total. The summed E-state index contributed by atoms with van der Waals surface area (Å²) in [6.45, 7) is 1.13. The Hall–Kier alpha value is -1.85. The molecule has 3 rings (SSSR count). The third-order valence-electron chi connectivity index (χ3n) is 4.51. The van der Waals surface area contributed by atoms with Crippen LogP contribution in [0.5, 0.6) is 0 Å². The number of likely N-dealkylation sites (tertiary alicyclic amines) is 1. The highest BCUT2D eigenvalue weighted by Crippen LogP contribution is 2.27. The lowest BCUT2D eigenvalue weighted by atomic mass is 9.99. The van der Waals surface area contributed by atoms with Crippen molar-refractivity contribution in [2.24, 2.45) is 13.0 Å². The maximum atomic E-state index is 12.6. The van der Waals surface area contributed by atoms with E-state index in [1.165, 1.54) is 0 Å². The quantitative estimate of drug-likeness (QED) is 0.750. The van der Waals surface area contributed by atoms with Crippen LogP contribution >= 0.6 is 0 Å². The normalized spacial score (nSPS) is 26.6. The second kappa shape index (κ2) is 4.92. The Morgan fingerprint density at radius 3 is 2.80 bits per heavy atom. The van der Waals surface area contributed by atoms with E-state index in [0.29, 0.717) is 18.9 Å². The van der Waals surface area contributed by atoms with Gasteiger partial charge in [0.05, 0.1) is 5.92 Å². The number of amides is 2. The Morgan fingerprint density at radius 2 is 2.10 bits per heavy atom. The number of likely N-dealkylation sites (N-methyl/N-ethyl adjacent to an activating group) is 1. The topological polar surface area (TPSA) is 58.4 Å². The Balaban J connectivity index is 1.87. The summed E-state index contributed by atoms with van der Waals surface area (Å²) in [5.74, 6) is 0.497. The summed E-state index contributed by atoms with van der Waals surface area (Å²) < 4.78 is 1.73. The zero-order valence-corrected chi connectivity index (χ0v) is 12.0. The fourth-order valence-electron chi connectivity index (χ4n) is 3.24. The number of imidazole rings is 1. The highest BCUT2D eigenvalue weighted by atomic mass is 16.2. The van der Waals surface area contributed by atoms with Gasteiger partial charge in [-0.05, 0) is 12.8 Å². The zero-order chi connectivity index (χ0) is 14.3. The van der Waals surface area contributed by atoms with E-state index >= 15 is 0 Å². The van der Waals surface area contributed by atoms with Gasteiger partial charge in [-0.3, -0.25) is 9.59 Å². The van der Waals surface area contributed by atoms with Gasteiger partial charge in [0.2, 0.25) is 5.91 Å². The van der Waals surface area contributed by atoms with E-state index in [2.05, 4.69) is 4.98 Å². The van der Waals surface area contributed by atoms with Crippen LogP contribution in [0.3, 0.4) is 0 Å². The van der Waals surface area contributed by atoms with Crippen molar-refractivity contribution in [1.82, 2.24) is 19.4 Å². The van der Waals surface area contributed by atoms with Crippen molar-refractivity contribution in [3.63, 3.8) is 0 Å². The third kappa shape index (κ3) is 2.09. The van der Waals surface area contributed by atoms with Crippen LogP contribution in [0.25, 0.3) is 0 Å². The minimum absolute atomic E-state index is 0.0586. The van der Waals surface area contributed by atoms with Crippen molar-refractivity contribution in [1.29, 1.82) is 0 Å². The van der Waals surface area contributed by atoms with E-state index in [0.717, 1.165) is 19.3 Å². The number of carbonyl (C=O) groups is 2. The standard InChI is InChI=1S/C14H20N4O2/c1-16-7-6-15-12(16)14(20)18-8-10-4-3-5-11(9-18)17(2)13(10)19/h6-7,10-11H,3-5,8-9H2,1-2H3/t10-,11+/m1/s1. The van der Waals surface area contributed by atoms with Crippen LogP contribution in [0.15, 0.2) is 12.4 Å². The number of rotatable bonds is 1. The molecule has 3 heterocycles. The first-order valence-corrected chi connectivity index (χ1v) is 7.11. The number of aromatic nitrogens is 2. The van der Waals surface area contributed by atoms with Crippen molar-refractivity contribution >= 4 is 11.8 Å². The lowest BCUT2D eigenvalue weighted by Gasteiger charge is -2.29. The first-order chi connectivity index (χ1) is 9.58. The smallest absolute Gasteiger partial charge is 0.289 e. The number of hydrogen-bond donors (Lipinski definition) is 0. The molecular formula is C14H20N4O2. The summed E-state index contributed by atoms with van der Waals surface area (Å²) in [4.78, 5) is 32.7. The van der Waals surface area contributed by atoms with Gasteiger partial charge in [-0.1, -0.05) is 6.42 Å². The van der Waals surface area contributed by atoms with Gasteiger partial charge in [0.25, 0.3) is 5.91 Å². The largest absolute Gasteiger partial charge is 0.341 e. The van der Waals surface area contributed by atoms with Gasteiger partial charge in [-0.25, -0.2) is 4.98 Å². The summed E-state index contributed by atoms with van der Waals surface area (Å²) in [6.07, 6.45) is 6.31. The molecule has 108 valence electrons. The molecule has 0 radical (unpaired) electrons. The summed E-state index contributed by atoms with van der Waals surface area (Å²) in [6, 6.07) is 0.138. The summed E-state index contributed by atoms with van der Waals surface area (Å²) in [7, 11) is 3.68. The van der Waals surface area contributed by atoms with Crippen molar-refractivity contribution < 1.29 is 9.59 Å². The van der Waals surface area contributed by atoms with Crippen LogP contribution in [0.4, 0.5) is 0 Å². The number of fused-ring (bicyclic) bond motifs is 3. The molecule has 2 atom stereocenters. The highest BCUT2D eigenvalue weighted by molar-refractivity contribution is 5.91. The second-order valence-corrected chi connectivity index (χ2v) is 5.80. The highest BCUT2D eigenvalue weighted by Gasteiger charge is 2.38. The molecule has 0 saturated carbocycles. The Kier molecular flexibility index (Phi) is 3.23. The van der Waals surface area contributed by atoms with Gasteiger partial charge in [-0.15, -0.1) is 0 Å². The molecule has 2 amide bonds. The summed E-state index contributed by atoms with van der Waals surface area (Å²) >= 11 is 0. The molecule has 6 nitrogen and oxygen atoms in total. The predicted molar refractivity (Wildman–Crippen MR) is 73.0 cm³/mol. The van der Waals surface area contributed by atoms with Crippen molar-refractivity contribution in [2.45, 2.75) is 25.3 Å². The fraction of sp³-hybridized carbons (Fsp3) is 0.643. The molecule has 2 bridgehead atoms. The number of aryl methyl sites for hydroxylation is 1. The minimum atomic E-state index is -0.0718. The minimum Gasteiger partial charge on any atom is -0.341 e. The van der Waals surface area contributed by atoms with E-state index in [4.69, 9.17) is 0 Å². The van der Waals surface area contributed by atoms with Crippen molar-refractivity contribution in [2.75, 3.05) is 20.1 Å². The zero-order valence-electron chi connectivity index (χ0n) is 12.0. The predicted octanol–water partition coefficient (Wildman–Crippen LogP) is 0.503. The van der Waals surface area contributed by atoms with E-state index < -0.39 is 0 Å². The van der Waals surface area contributed by atoms with Crippen LogP contribution < -0.4 is 0 Å².